The summed E-state index contributed by atoms with van der Waals surface area (Å²) in [5.41, 5.74) is 1.25. The smallest absolute Gasteiger partial charge is 0.119 e. The zero-order chi connectivity index (χ0) is 10.8. The minimum atomic E-state index is -0.765. The van der Waals surface area contributed by atoms with Gasteiger partial charge in [0.25, 0.3) is 0 Å². The predicted octanol–water partition coefficient (Wildman–Crippen LogP) is 2.62. The van der Waals surface area contributed by atoms with E-state index >= 15 is 0 Å². The minimum absolute atomic E-state index is 0.694. The molecule has 1 aromatic carbocycles. The average molecular weight is 194 g/mol. The van der Waals surface area contributed by atoms with Gasteiger partial charge in [-0.3, -0.25) is 0 Å². The summed E-state index contributed by atoms with van der Waals surface area (Å²) in [6.45, 7) is 5.79. The number of benzene rings is 1. The molecule has 2 nitrogen and oxygen atoms in total. The summed E-state index contributed by atoms with van der Waals surface area (Å²) >= 11 is 0. The standard InChI is InChI=1S/C12H18O2/c1-5-12(3,13)10-6-9(2)7-11(8-10)14-4/h6-8,13H,5H2,1-4H3. The lowest BCUT2D eigenvalue weighted by atomic mass is 9.92. The molecule has 0 bridgehead atoms. The van der Waals surface area contributed by atoms with Crippen molar-refractivity contribution in [3.63, 3.8) is 0 Å². The normalized spacial score (nSPS) is 14.9. The van der Waals surface area contributed by atoms with Gasteiger partial charge in [0, 0.05) is 0 Å². The molecular formula is C12H18O2. The maximum Gasteiger partial charge on any atom is 0.119 e. The van der Waals surface area contributed by atoms with E-state index < -0.39 is 5.60 Å². The Labute approximate surface area is 85.5 Å². The molecule has 0 aliphatic heterocycles. The summed E-state index contributed by atoms with van der Waals surface area (Å²) in [4.78, 5) is 0. The summed E-state index contributed by atoms with van der Waals surface area (Å²) in [5.74, 6) is 0.800. The van der Waals surface area contributed by atoms with Crippen LogP contribution in [-0.4, -0.2) is 12.2 Å². The zero-order valence-electron chi connectivity index (χ0n) is 9.29. The van der Waals surface area contributed by atoms with Crippen LogP contribution in [0.15, 0.2) is 18.2 Å². The fourth-order valence-corrected chi connectivity index (χ4v) is 1.38. The number of aryl methyl sites for hydroxylation is 1. The van der Waals surface area contributed by atoms with Crippen molar-refractivity contribution in [2.75, 3.05) is 7.11 Å². The van der Waals surface area contributed by atoms with E-state index in [-0.39, 0.29) is 0 Å². The fraction of sp³-hybridized carbons (Fsp3) is 0.500. The Morgan fingerprint density at radius 2 is 2.00 bits per heavy atom. The lowest BCUT2D eigenvalue weighted by Crippen LogP contribution is -2.19. The quantitative estimate of drug-likeness (QED) is 0.801. The van der Waals surface area contributed by atoms with Crippen LogP contribution in [0.3, 0.4) is 0 Å². The van der Waals surface area contributed by atoms with Crippen LogP contribution in [0.1, 0.15) is 31.4 Å². The zero-order valence-corrected chi connectivity index (χ0v) is 9.29. The van der Waals surface area contributed by atoms with Crippen LogP contribution in [0.5, 0.6) is 5.75 Å². The first-order chi connectivity index (χ1) is 6.49. The van der Waals surface area contributed by atoms with Crippen molar-refractivity contribution in [3.05, 3.63) is 29.3 Å². The van der Waals surface area contributed by atoms with Gasteiger partial charge in [-0.15, -0.1) is 0 Å². The third kappa shape index (κ3) is 2.26. The van der Waals surface area contributed by atoms with Crippen molar-refractivity contribution >= 4 is 0 Å². The Morgan fingerprint density at radius 1 is 1.36 bits per heavy atom. The molecule has 1 atom stereocenters. The number of rotatable bonds is 3. The van der Waals surface area contributed by atoms with Crippen LogP contribution in [-0.2, 0) is 5.60 Å². The molecule has 0 aliphatic carbocycles. The van der Waals surface area contributed by atoms with E-state index in [0.717, 1.165) is 16.9 Å². The maximum atomic E-state index is 10.1. The second-order valence-corrected chi connectivity index (χ2v) is 3.87. The molecule has 0 aromatic heterocycles. The van der Waals surface area contributed by atoms with E-state index in [4.69, 9.17) is 4.74 Å². The van der Waals surface area contributed by atoms with Crippen molar-refractivity contribution in [3.8, 4) is 5.75 Å². The first-order valence-corrected chi connectivity index (χ1v) is 4.88. The lowest BCUT2D eigenvalue weighted by Gasteiger charge is -2.22. The van der Waals surface area contributed by atoms with Gasteiger partial charge in [-0.1, -0.05) is 13.0 Å². The van der Waals surface area contributed by atoms with Gasteiger partial charge in [0.05, 0.1) is 12.7 Å². The second kappa shape index (κ2) is 4.01. The minimum Gasteiger partial charge on any atom is -0.497 e. The molecule has 0 spiro atoms. The van der Waals surface area contributed by atoms with Crippen LogP contribution in [0.2, 0.25) is 0 Å². The van der Waals surface area contributed by atoms with Crippen molar-refractivity contribution in [2.45, 2.75) is 32.8 Å². The molecule has 0 aliphatic rings. The molecule has 1 unspecified atom stereocenters. The van der Waals surface area contributed by atoms with Crippen LogP contribution >= 0.6 is 0 Å². The summed E-state index contributed by atoms with van der Waals surface area (Å²) < 4.78 is 5.16. The monoisotopic (exact) mass is 194 g/mol. The van der Waals surface area contributed by atoms with Crippen molar-refractivity contribution in [1.29, 1.82) is 0 Å². The number of aliphatic hydroxyl groups is 1. The van der Waals surface area contributed by atoms with Gasteiger partial charge in [0.2, 0.25) is 0 Å². The second-order valence-electron chi connectivity index (χ2n) is 3.87. The number of methoxy groups -OCH3 is 1. The Bertz CT molecular complexity index is 316. The molecular weight excluding hydrogens is 176 g/mol. The molecule has 0 heterocycles. The maximum absolute atomic E-state index is 10.1. The molecule has 0 amide bonds. The lowest BCUT2D eigenvalue weighted by molar-refractivity contribution is 0.0528. The molecule has 0 saturated heterocycles. The van der Waals surface area contributed by atoms with E-state index in [9.17, 15) is 5.11 Å². The molecule has 0 saturated carbocycles. The molecule has 0 fully saturated rings. The summed E-state index contributed by atoms with van der Waals surface area (Å²) in [6, 6.07) is 5.83. The van der Waals surface area contributed by atoms with E-state index in [1.165, 1.54) is 0 Å². The third-order valence-electron chi connectivity index (χ3n) is 2.60. The van der Waals surface area contributed by atoms with Crippen molar-refractivity contribution in [2.24, 2.45) is 0 Å². The van der Waals surface area contributed by atoms with Gasteiger partial charge in [-0.05, 0) is 43.5 Å². The first kappa shape index (κ1) is 11.1. The highest BCUT2D eigenvalue weighted by molar-refractivity contribution is 5.36. The number of ether oxygens (including phenoxy) is 1. The Kier molecular flexibility index (Phi) is 3.17. The molecule has 14 heavy (non-hydrogen) atoms. The van der Waals surface area contributed by atoms with Gasteiger partial charge < -0.3 is 9.84 Å². The van der Waals surface area contributed by atoms with Gasteiger partial charge in [-0.25, -0.2) is 0 Å². The van der Waals surface area contributed by atoms with Gasteiger partial charge in [-0.2, -0.15) is 0 Å². The van der Waals surface area contributed by atoms with Gasteiger partial charge >= 0.3 is 0 Å². The van der Waals surface area contributed by atoms with Gasteiger partial charge in [0.15, 0.2) is 0 Å². The molecule has 1 aromatic rings. The topological polar surface area (TPSA) is 29.5 Å². The number of hydrogen-bond acceptors (Lipinski definition) is 2. The third-order valence-corrected chi connectivity index (χ3v) is 2.60. The largest absolute Gasteiger partial charge is 0.497 e. The molecule has 2 heteroatoms. The predicted molar refractivity (Wildman–Crippen MR) is 57.6 cm³/mol. The van der Waals surface area contributed by atoms with E-state index in [1.807, 2.05) is 39.0 Å². The van der Waals surface area contributed by atoms with Gasteiger partial charge in [0.1, 0.15) is 5.75 Å². The molecule has 1 N–H and O–H groups in total. The van der Waals surface area contributed by atoms with Crippen molar-refractivity contribution in [1.82, 2.24) is 0 Å². The SMILES string of the molecule is CCC(C)(O)c1cc(C)cc(OC)c1. The highest BCUT2D eigenvalue weighted by Crippen LogP contribution is 2.28. The summed E-state index contributed by atoms with van der Waals surface area (Å²) in [6.07, 6.45) is 0.694. The van der Waals surface area contributed by atoms with E-state index in [2.05, 4.69) is 0 Å². The highest BCUT2D eigenvalue weighted by Gasteiger charge is 2.21. The highest BCUT2D eigenvalue weighted by atomic mass is 16.5. The van der Waals surface area contributed by atoms with Crippen LogP contribution in [0.4, 0.5) is 0 Å². The molecule has 0 radical (unpaired) electrons. The Balaban J connectivity index is 3.15. The Morgan fingerprint density at radius 3 is 2.50 bits per heavy atom. The van der Waals surface area contributed by atoms with Crippen molar-refractivity contribution < 1.29 is 9.84 Å². The number of hydrogen-bond donors (Lipinski definition) is 1. The van der Waals surface area contributed by atoms with E-state index in [0.29, 0.717) is 6.42 Å². The first-order valence-electron chi connectivity index (χ1n) is 4.88. The molecule has 78 valence electrons. The van der Waals surface area contributed by atoms with Crippen LogP contribution in [0, 0.1) is 6.92 Å². The molecule has 1 rings (SSSR count). The summed E-state index contributed by atoms with van der Waals surface area (Å²) in [7, 11) is 1.64. The van der Waals surface area contributed by atoms with Crippen LogP contribution < -0.4 is 4.74 Å². The summed E-state index contributed by atoms with van der Waals surface area (Å²) in [5, 5.41) is 10.1. The average Bonchev–Trinajstić information content (AvgIpc) is 2.16. The van der Waals surface area contributed by atoms with E-state index in [1.54, 1.807) is 7.11 Å². The fourth-order valence-electron chi connectivity index (χ4n) is 1.38. The Hall–Kier alpha value is -1.02. The van der Waals surface area contributed by atoms with Crippen LogP contribution in [0.25, 0.3) is 0 Å².